The van der Waals surface area contributed by atoms with Gasteiger partial charge in [-0.05, 0) is 25.3 Å². The van der Waals surface area contributed by atoms with Crippen LogP contribution in [0.15, 0.2) is 42.7 Å². The van der Waals surface area contributed by atoms with E-state index in [1.165, 1.54) is 82.5 Å². The summed E-state index contributed by atoms with van der Waals surface area (Å²) in [7, 11) is -4.42. The molecule has 2 rings (SSSR count). The van der Waals surface area contributed by atoms with Crippen LogP contribution in [0.4, 0.5) is 0 Å². The largest absolute Gasteiger partial charge is 0.726 e. The van der Waals surface area contributed by atoms with Gasteiger partial charge < -0.3 is 4.55 Å². The van der Waals surface area contributed by atoms with Gasteiger partial charge in [0.05, 0.1) is 13.2 Å². The van der Waals surface area contributed by atoms with Crippen molar-refractivity contribution >= 4 is 10.4 Å². The third-order valence-corrected chi connectivity index (χ3v) is 5.99. The van der Waals surface area contributed by atoms with Crippen molar-refractivity contribution in [2.45, 2.75) is 98.1 Å². The quantitative estimate of drug-likeness (QED) is 0.150. The maximum atomic E-state index is 9.45. The third kappa shape index (κ3) is 13.7. The van der Waals surface area contributed by atoms with Gasteiger partial charge in [0.2, 0.25) is 10.4 Å². The molecule has 0 N–H and O–H groups in total. The minimum Gasteiger partial charge on any atom is -0.726 e. The average Bonchev–Trinajstić information content (AvgIpc) is 3.09. The van der Waals surface area contributed by atoms with E-state index in [1.807, 2.05) is 0 Å². The predicted octanol–water partition coefficient (Wildman–Crippen LogP) is 5.54. The van der Waals surface area contributed by atoms with E-state index in [2.05, 4.69) is 69.9 Å². The Morgan fingerprint density at radius 3 is 1.97 bits per heavy atom. The molecule has 0 radical (unpaired) electrons. The molecule has 0 saturated heterocycles. The zero-order valence-electron chi connectivity index (χ0n) is 20.2. The van der Waals surface area contributed by atoms with Gasteiger partial charge in [0.15, 0.2) is 0 Å². The topological polar surface area (TPSA) is 75.2 Å². The fourth-order valence-corrected chi connectivity index (χ4v) is 3.93. The molecule has 32 heavy (non-hydrogen) atoms. The molecule has 0 amide bonds. The number of imidazole rings is 1. The lowest BCUT2D eigenvalue weighted by Gasteiger charge is -2.03. The minimum atomic E-state index is -4.42. The molecule has 1 heterocycles. The van der Waals surface area contributed by atoms with Gasteiger partial charge in [0, 0.05) is 6.92 Å². The number of aromatic nitrogens is 2. The molecule has 182 valence electrons. The Labute approximate surface area is 195 Å². The Hall–Kier alpha value is -1.70. The molecule has 7 heteroatoms. The third-order valence-electron chi connectivity index (χ3n) is 5.47. The lowest BCUT2D eigenvalue weighted by molar-refractivity contribution is -0.694. The molecule has 6 nitrogen and oxygen atoms in total. The van der Waals surface area contributed by atoms with Gasteiger partial charge in [-0.15, -0.1) is 0 Å². The van der Waals surface area contributed by atoms with Crippen molar-refractivity contribution in [3.05, 3.63) is 54.1 Å². The van der Waals surface area contributed by atoms with Gasteiger partial charge in [-0.25, -0.2) is 17.6 Å². The highest BCUT2D eigenvalue weighted by Crippen LogP contribution is 2.11. The van der Waals surface area contributed by atoms with Crippen molar-refractivity contribution in [1.82, 2.24) is 4.57 Å². The average molecular weight is 467 g/mol. The zero-order valence-corrected chi connectivity index (χ0v) is 21.0. The van der Waals surface area contributed by atoms with Crippen LogP contribution < -0.4 is 4.57 Å². The molecule has 0 spiro atoms. The van der Waals surface area contributed by atoms with Gasteiger partial charge in [-0.2, -0.15) is 0 Å². The fourth-order valence-electron chi connectivity index (χ4n) is 3.64. The van der Waals surface area contributed by atoms with Crippen molar-refractivity contribution < 1.29 is 21.7 Å². The Kier molecular flexibility index (Phi) is 14.9. The lowest BCUT2D eigenvalue weighted by Crippen LogP contribution is -2.36. The summed E-state index contributed by atoms with van der Waals surface area (Å²) in [6, 6.07) is 10.7. The standard InChI is InChI=1S/C23H37N2.C2H6O4S/c1-3-4-5-6-7-8-9-10-11-15-18-24-19-20-25(22(24)2)21-23-16-13-12-14-17-23;1-2-6-7(3,4)5/h12-14,16-17,19-20H,3-11,15,18,21H2,1-2H3;2H2,1H3,(H,3,4,5)/q+1;/p-1. The highest BCUT2D eigenvalue weighted by atomic mass is 32.3. The normalized spacial score (nSPS) is 11.2. The molecule has 2 aromatic rings. The van der Waals surface area contributed by atoms with Crippen LogP contribution in [0.3, 0.4) is 0 Å². The van der Waals surface area contributed by atoms with Crippen molar-refractivity contribution in [2.75, 3.05) is 6.61 Å². The first-order chi connectivity index (χ1) is 15.4. The van der Waals surface area contributed by atoms with Crippen LogP contribution in [0.2, 0.25) is 0 Å². The summed E-state index contributed by atoms with van der Waals surface area (Å²) in [5.74, 6) is 1.36. The molecule has 0 unspecified atom stereocenters. The second kappa shape index (κ2) is 16.9. The molecule has 1 aromatic heterocycles. The number of aryl methyl sites for hydroxylation is 1. The summed E-state index contributed by atoms with van der Waals surface area (Å²) < 4.78 is 36.8. The van der Waals surface area contributed by atoms with E-state index in [1.54, 1.807) is 0 Å². The summed E-state index contributed by atoms with van der Waals surface area (Å²) in [5, 5.41) is 0. The first-order valence-corrected chi connectivity index (χ1v) is 13.4. The van der Waals surface area contributed by atoms with Crippen molar-refractivity contribution in [3.8, 4) is 0 Å². The van der Waals surface area contributed by atoms with Crippen molar-refractivity contribution in [1.29, 1.82) is 0 Å². The van der Waals surface area contributed by atoms with Crippen LogP contribution in [0.25, 0.3) is 0 Å². The first kappa shape index (κ1) is 28.3. The Morgan fingerprint density at radius 1 is 0.906 bits per heavy atom. The Bertz CT molecular complexity index is 820. The summed E-state index contributed by atoms with van der Waals surface area (Å²) in [5.41, 5.74) is 1.37. The molecule has 0 bridgehead atoms. The van der Waals surface area contributed by atoms with E-state index in [4.69, 9.17) is 0 Å². The van der Waals surface area contributed by atoms with E-state index < -0.39 is 10.4 Å². The summed E-state index contributed by atoms with van der Waals surface area (Å²) in [4.78, 5) is 0. The molecule has 0 fully saturated rings. The molecule has 0 saturated carbocycles. The lowest BCUT2D eigenvalue weighted by atomic mass is 10.1. The van der Waals surface area contributed by atoms with Crippen LogP contribution >= 0.6 is 0 Å². The molecule has 0 aliphatic heterocycles. The van der Waals surface area contributed by atoms with Crippen LogP contribution in [0.1, 0.15) is 89.4 Å². The first-order valence-electron chi connectivity index (χ1n) is 12.1. The SMILES string of the molecule is CCCCCCCCCCCCn1cc[n+](Cc2ccccc2)c1C.CCOS(=O)(=O)[O-]. The number of nitrogens with zero attached hydrogens (tertiary/aromatic N) is 2. The zero-order chi connectivity index (χ0) is 23.7. The second-order valence-electron chi connectivity index (χ2n) is 8.15. The Balaban J connectivity index is 0.000000633. The van der Waals surface area contributed by atoms with E-state index in [-0.39, 0.29) is 6.61 Å². The van der Waals surface area contributed by atoms with E-state index in [0.717, 1.165) is 13.1 Å². The van der Waals surface area contributed by atoms with E-state index in [9.17, 15) is 13.0 Å². The molecule has 1 aromatic carbocycles. The number of unbranched alkanes of at least 4 members (excludes halogenated alkanes) is 9. The monoisotopic (exact) mass is 466 g/mol. The van der Waals surface area contributed by atoms with Crippen LogP contribution in [0.5, 0.6) is 0 Å². The molecular weight excluding hydrogens is 424 g/mol. The number of rotatable bonds is 15. The fraction of sp³-hybridized carbons (Fsp3) is 0.640. The van der Waals surface area contributed by atoms with Gasteiger partial charge in [0.1, 0.15) is 18.9 Å². The maximum absolute atomic E-state index is 9.45. The van der Waals surface area contributed by atoms with Crippen LogP contribution in [-0.2, 0) is 27.7 Å². The molecule has 0 atom stereocenters. The molecule has 0 aliphatic rings. The minimum absolute atomic E-state index is 0.0914. The predicted molar refractivity (Wildman–Crippen MR) is 128 cm³/mol. The van der Waals surface area contributed by atoms with Gasteiger partial charge in [-0.1, -0.05) is 88.6 Å². The van der Waals surface area contributed by atoms with Crippen LogP contribution in [0, 0.1) is 6.92 Å². The highest BCUT2D eigenvalue weighted by molar-refractivity contribution is 7.80. The summed E-state index contributed by atoms with van der Waals surface area (Å²) in [6.07, 6.45) is 18.5. The number of hydrogen-bond donors (Lipinski definition) is 0. The van der Waals surface area contributed by atoms with Gasteiger partial charge >= 0.3 is 0 Å². The number of benzene rings is 1. The highest BCUT2D eigenvalue weighted by Gasteiger charge is 2.11. The second-order valence-corrected chi connectivity index (χ2v) is 9.20. The van der Waals surface area contributed by atoms with Crippen molar-refractivity contribution in [2.24, 2.45) is 0 Å². The molecular formula is C25H42N2O4S. The number of hydrogen-bond acceptors (Lipinski definition) is 4. The summed E-state index contributed by atoms with van der Waals surface area (Å²) in [6.45, 7) is 7.98. The van der Waals surface area contributed by atoms with E-state index >= 15 is 0 Å². The summed E-state index contributed by atoms with van der Waals surface area (Å²) >= 11 is 0. The smallest absolute Gasteiger partial charge is 0.253 e. The van der Waals surface area contributed by atoms with E-state index in [0.29, 0.717) is 0 Å². The molecule has 0 aliphatic carbocycles. The maximum Gasteiger partial charge on any atom is 0.253 e. The Morgan fingerprint density at radius 2 is 1.47 bits per heavy atom. The van der Waals surface area contributed by atoms with Crippen molar-refractivity contribution in [3.63, 3.8) is 0 Å². The van der Waals surface area contributed by atoms with Gasteiger partial charge in [-0.3, -0.25) is 4.18 Å². The van der Waals surface area contributed by atoms with Gasteiger partial charge in [0.25, 0.3) is 5.82 Å². The van der Waals surface area contributed by atoms with Crippen LogP contribution in [-0.4, -0.2) is 24.1 Å².